The van der Waals surface area contributed by atoms with E-state index in [0.29, 0.717) is 65.1 Å². The van der Waals surface area contributed by atoms with E-state index in [4.69, 9.17) is 9.84 Å². The summed E-state index contributed by atoms with van der Waals surface area (Å²) in [4.78, 5) is 61.9. The molecule has 0 radical (unpaired) electrons. The summed E-state index contributed by atoms with van der Waals surface area (Å²) in [5.41, 5.74) is 4.31. The lowest BCUT2D eigenvalue weighted by molar-refractivity contribution is -0.143. The van der Waals surface area contributed by atoms with Crippen molar-refractivity contribution in [3.8, 4) is 5.75 Å². The summed E-state index contributed by atoms with van der Waals surface area (Å²) < 4.78 is 5.10. The van der Waals surface area contributed by atoms with Crippen LogP contribution in [0.3, 0.4) is 0 Å². The van der Waals surface area contributed by atoms with E-state index in [1.165, 1.54) is 0 Å². The smallest absolute Gasteiger partial charge is 0.507 e. The SMILES string of the molecule is Cc1cc(CC(CC(=O)N2CCC(N3Cc4ccccc4NC3=O)CC2)C(=O)N2CCC(N3CCN(C)C(OC(=O)O)C3)CC2)cc(C)c1O. The number of nitrogens with zero attached hydrogens (tertiary/aromatic N) is 5. The standard InChI is InChI=1S/C37H50N6O7/c1-24-18-26(19-25(2)34(24)45)20-28(35(46)41-14-8-29(9-15-41)42-17-16-39(3)33(23-42)50-37(48)49)21-32(44)40-12-10-30(11-13-40)43-22-27-6-4-5-7-31(27)38-36(43)47/h4-7,18-19,28-30,33,45H,8-17,20-23H2,1-3H3,(H,38,47)(H,48,49). The number of carbonyl (C=O) groups is 4. The number of amides is 4. The Morgan fingerprint density at radius 1 is 0.920 bits per heavy atom. The van der Waals surface area contributed by atoms with Crippen molar-refractivity contribution < 1.29 is 34.1 Å². The number of fused-ring (bicyclic) bond motifs is 1. The van der Waals surface area contributed by atoms with Gasteiger partial charge in [0.15, 0.2) is 6.23 Å². The Bertz CT molecular complexity index is 1560. The van der Waals surface area contributed by atoms with Crippen LogP contribution in [0.15, 0.2) is 36.4 Å². The molecule has 3 fully saturated rings. The number of hydrogen-bond acceptors (Lipinski definition) is 8. The predicted octanol–water partition coefficient (Wildman–Crippen LogP) is 3.86. The maximum atomic E-state index is 14.2. The zero-order valence-electron chi connectivity index (χ0n) is 29.3. The van der Waals surface area contributed by atoms with Crippen molar-refractivity contribution in [2.75, 3.05) is 58.2 Å². The second-order valence-electron chi connectivity index (χ2n) is 14.4. The molecule has 0 bridgehead atoms. The molecule has 13 nitrogen and oxygen atoms in total. The number of likely N-dealkylation sites (tertiary alicyclic amines) is 2. The monoisotopic (exact) mass is 690 g/mol. The topological polar surface area (TPSA) is 146 Å². The first-order valence-electron chi connectivity index (χ1n) is 17.8. The Hall–Kier alpha value is -4.36. The lowest BCUT2D eigenvalue weighted by Gasteiger charge is -2.45. The van der Waals surface area contributed by atoms with Crippen LogP contribution in [-0.2, 0) is 27.3 Å². The third-order valence-electron chi connectivity index (χ3n) is 11.1. The molecule has 13 heteroatoms. The summed E-state index contributed by atoms with van der Waals surface area (Å²) in [7, 11) is 1.86. The first-order chi connectivity index (χ1) is 24.0. The van der Waals surface area contributed by atoms with Crippen LogP contribution in [0.1, 0.15) is 54.4 Å². The van der Waals surface area contributed by atoms with Gasteiger partial charge in [-0.2, -0.15) is 0 Å². The fraction of sp³-hybridized carbons (Fsp3) is 0.568. The van der Waals surface area contributed by atoms with Gasteiger partial charge in [0.1, 0.15) is 5.75 Å². The number of aryl methyl sites for hydroxylation is 2. The number of carbonyl (C=O) groups excluding carboxylic acids is 3. The van der Waals surface area contributed by atoms with Crippen LogP contribution in [0, 0.1) is 19.8 Å². The highest BCUT2D eigenvalue weighted by Crippen LogP contribution is 2.30. The average Bonchev–Trinajstić information content (AvgIpc) is 3.10. The average molecular weight is 691 g/mol. The van der Waals surface area contributed by atoms with Crippen molar-refractivity contribution in [2.45, 2.75) is 77.2 Å². The molecule has 4 aliphatic rings. The lowest BCUT2D eigenvalue weighted by Crippen LogP contribution is -2.58. The van der Waals surface area contributed by atoms with Crippen molar-refractivity contribution >= 4 is 29.7 Å². The van der Waals surface area contributed by atoms with E-state index >= 15 is 0 Å². The van der Waals surface area contributed by atoms with Gasteiger partial charge in [-0.1, -0.05) is 30.3 Å². The van der Waals surface area contributed by atoms with E-state index in [9.17, 15) is 24.3 Å². The molecule has 6 rings (SSSR count). The summed E-state index contributed by atoms with van der Waals surface area (Å²) in [5.74, 6) is -0.409. The number of phenolic OH excluding ortho intramolecular Hbond substituents is 1. The third-order valence-corrected chi connectivity index (χ3v) is 11.1. The number of hydrogen-bond donors (Lipinski definition) is 3. The molecule has 50 heavy (non-hydrogen) atoms. The number of likely N-dealkylation sites (N-methyl/N-ethyl adjacent to an activating group) is 1. The molecule has 2 unspecified atom stereocenters. The number of phenols is 1. The molecule has 2 atom stereocenters. The number of piperidine rings is 2. The number of carboxylic acid groups (broad SMARTS) is 1. The van der Waals surface area contributed by atoms with Gasteiger partial charge in [0.2, 0.25) is 11.8 Å². The molecule has 0 saturated carbocycles. The fourth-order valence-corrected chi connectivity index (χ4v) is 8.13. The molecule has 4 heterocycles. The molecule has 3 saturated heterocycles. The van der Waals surface area contributed by atoms with Gasteiger partial charge in [0.25, 0.3) is 0 Å². The molecule has 0 aliphatic carbocycles. The van der Waals surface area contributed by atoms with Crippen molar-refractivity contribution in [2.24, 2.45) is 5.92 Å². The Labute approximate surface area is 293 Å². The Morgan fingerprint density at radius 3 is 2.24 bits per heavy atom. The predicted molar refractivity (Wildman–Crippen MR) is 187 cm³/mol. The highest BCUT2D eigenvalue weighted by atomic mass is 16.7. The number of anilines is 1. The van der Waals surface area contributed by atoms with Crippen LogP contribution in [-0.4, -0.2) is 130 Å². The zero-order valence-corrected chi connectivity index (χ0v) is 29.3. The van der Waals surface area contributed by atoms with Crippen molar-refractivity contribution in [3.63, 3.8) is 0 Å². The zero-order chi connectivity index (χ0) is 35.5. The highest BCUT2D eigenvalue weighted by Gasteiger charge is 2.37. The molecule has 2 aromatic carbocycles. The van der Waals surface area contributed by atoms with Crippen molar-refractivity contribution in [3.05, 3.63) is 58.7 Å². The summed E-state index contributed by atoms with van der Waals surface area (Å²) >= 11 is 0. The maximum absolute atomic E-state index is 14.2. The summed E-state index contributed by atoms with van der Waals surface area (Å²) in [6, 6.07) is 11.7. The van der Waals surface area contributed by atoms with Crippen molar-refractivity contribution in [1.82, 2.24) is 24.5 Å². The fourth-order valence-electron chi connectivity index (χ4n) is 8.13. The lowest BCUT2D eigenvalue weighted by atomic mass is 9.90. The van der Waals surface area contributed by atoms with Gasteiger partial charge in [-0.3, -0.25) is 19.4 Å². The minimum absolute atomic E-state index is 0.0281. The normalized spacial score (nSPS) is 21.8. The number of benzene rings is 2. The molecular formula is C37H50N6O7. The van der Waals surface area contributed by atoms with Gasteiger partial charge in [-0.25, -0.2) is 9.59 Å². The molecule has 0 aromatic heterocycles. The van der Waals surface area contributed by atoms with E-state index in [1.54, 1.807) is 0 Å². The number of aromatic hydroxyl groups is 1. The Balaban J connectivity index is 1.08. The van der Waals surface area contributed by atoms with Gasteiger partial charge < -0.3 is 35.0 Å². The van der Waals surface area contributed by atoms with Crippen LogP contribution in [0.4, 0.5) is 15.3 Å². The quantitative estimate of drug-likeness (QED) is 0.352. The van der Waals surface area contributed by atoms with Crippen LogP contribution >= 0.6 is 0 Å². The van der Waals surface area contributed by atoms with E-state index < -0.39 is 18.3 Å². The van der Waals surface area contributed by atoms with Gasteiger partial charge in [0.05, 0.1) is 5.92 Å². The van der Waals surface area contributed by atoms with Gasteiger partial charge >= 0.3 is 12.2 Å². The maximum Gasteiger partial charge on any atom is 0.507 e. The number of ether oxygens (including phenoxy) is 1. The van der Waals surface area contributed by atoms with Crippen LogP contribution in [0.5, 0.6) is 5.75 Å². The summed E-state index contributed by atoms with van der Waals surface area (Å²) in [5, 5.41) is 22.5. The molecule has 3 N–H and O–H groups in total. The van der Waals surface area contributed by atoms with Crippen LogP contribution < -0.4 is 5.32 Å². The Morgan fingerprint density at radius 2 is 1.56 bits per heavy atom. The van der Waals surface area contributed by atoms with Crippen LogP contribution in [0.25, 0.3) is 0 Å². The second kappa shape index (κ2) is 15.3. The van der Waals surface area contributed by atoms with Crippen LogP contribution in [0.2, 0.25) is 0 Å². The van der Waals surface area contributed by atoms with E-state index in [2.05, 4.69) is 10.2 Å². The van der Waals surface area contributed by atoms with E-state index in [-0.39, 0.29) is 42.1 Å². The molecular weight excluding hydrogens is 640 g/mol. The molecule has 0 spiro atoms. The first-order valence-corrected chi connectivity index (χ1v) is 17.8. The van der Waals surface area contributed by atoms with Gasteiger partial charge in [0, 0.05) is 76.5 Å². The molecule has 270 valence electrons. The number of para-hydroxylation sites is 1. The minimum Gasteiger partial charge on any atom is -0.507 e. The van der Waals surface area contributed by atoms with Gasteiger partial charge in [-0.15, -0.1) is 0 Å². The Kier molecular flexibility index (Phi) is 10.8. The minimum atomic E-state index is -1.28. The third kappa shape index (κ3) is 7.99. The number of urea groups is 1. The van der Waals surface area contributed by atoms with E-state index in [0.717, 1.165) is 47.3 Å². The number of piperazine rings is 1. The highest BCUT2D eigenvalue weighted by molar-refractivity contribution is 5.92. The number of rotatable bonds is 8. The van der Waals surface area contributed by atoms with E-state index in [1.807, 2.05) is 76.9 Å². The van der Waals surface area contributed by atoms with Crippen molar-refractivity contribution in [1.29, 1.82) is 0 Å². The summed E-state index contributed by atoms with van der Waals surface area (Å²) in [6.45, 7) is 8.39. The van der Waals surface area contributed by atoms with Gasteiger partial charge in [-0.05, 0) is 81.3 Å². The summed E-state index contributed by atoms with van der Waals surface area (Å²) in [6.07, 6.45) is 1.55. The largest absolute Gasteiger partial charge is 0.507 e. The molecule has 4 aliphatic heterocycles. The molecule has 2 aromatic rings. The second-order valence-corrected chi connectivity index (χ2v) is 14.4. The molecule has 4 amide bonds. The number of nitrogens with one attached hydrogen (secondary N) is 1. The first kappa shape index (κ1) is 35.5.